The minimum Gasteiger partial charge on any atom is -0.371 e. The van der Waals surface area contributed by atoms with Gasteiger partial charge in [-0.25, -0.2) is 18.7 Å². The Balaban J connectivity index is 2.13. The quantitative estimate of drug-likeness (QED) is 0.730. The third-order valence-electron chi connectivity index (χ3n) is 5.03. The van der Waals surface area contributed by atoms with Crippen molar-refractivity contribution >= 4 is 11.2 Å². The maximum absolute atomic E-state index is 14.3. The molecular formula is C21H21FN4O3. The highest BCUT2D eigenvalue weighted by molar-refractivity contribution is 5.72. The predicted octanol–water partition coefficient (Wildman–Crippen LogP) is 1.14. The van der Waals surface area contributed by atoms with Crippen LogP contribution in [0.2, 0.25) is 0 Å². The minimum atomic E-state index is -1.34. The molecule has 0 radical (unpaired) electrons. The summed E-state index contributed by atoms with van der Waals surface area (Å²) >= 11 is 0. The summed E-state index contributed by atoms with van der Waals surface area (Å²) in [7, 11) is 3.08. The Kier molecular flexibility index (Phi) is 5.32. The molecule has 8 heteroatoms. The molecule has 0 spiro atoms. The lowest BCUT2D eigenvalue weighted by atomic mass is 9.92. The van der Waals surface area contributed by atoms with Crippen LogP contribution in [0.5, 0.6) is 0 Å². The van der Waals surface area contributed by atoms with Crippen LogP contribution in [-0.2, 0) is 24.9 Å². The number of rotatable bonds is 3. The Labute approximate surface area is 167 Å². The van der Waals surface area contributed by atoms with Crippen molar-refractivity contribution < 1.29 is 9.13 Å². The lowest BCUT2D eigenvalue weighted by molar-refractivity contribution is -0.00177. The summed E-state index contributed by atoms with van der Waals surface area (Å²) in [4.78, 5) is 29.7. The van der Waals surface area contributed by atoms with Crippen LogP contribution in [0.4, 0.5) is 4.39 Å². The average molecular weight is 396 g/mol. The lowest BCUT2D eigenvalue weighted by Gasteiger charge is -2.29. The zero-order chi connectivity index (χ0) is 21.3. The van der Waals surface area contributed by atoms with E-state index in [1.807, 2.05) is 0 Å². The van der Waals surface area contributed by atoms with Crippen LogP contribution in [0.15, 0.2) is 33.4 Å². The zero-order valence-corrected chi connectivity index (χ0v) is 16.7. The maximum atomic E-state index is 14.3. The Morgan fingerprint density at radius 2 is 2.07 bits per heavy atom. The fraction of sp³-hybridized carbons (Fsp3) is 0.381. The van der Waals surface area contributed by atoms with Crippen LogP contribution >= 0.6 is 0 Å². The van der Waals surface area contributed by atoms with Crippen LogP contribution in [-0.4, -0.2) is 37.6 Å². The molecule has 1 aliphatic carbocycles. The molecule has 0 amide bonds. The highest BCUT2D eigenvalue weighted by atomic mass is 19.1. The molecule has 0 N–H and O–H groups in total. The minimum absolute atomic E-state index is 0.131. The van der Waals surface area contributed by atoms with E-state index in [4.69, 9.17) is 11.2 Å². The second kappa shape index (κ2) is 7.57. The van der Waals surface area contributed by atoms with Crippen LogP contribution < -0.4 is 11.2 Å². The molecule has 2 aromatic heterocycles. The molecule has 3 rings (SSSR count). The van der Waals surface area contributed by atoms with E-state index in [9.17, 15) is 14.0 Å². The SMILES string of the molecule is C#CCn1c(=O)c2c(nc(C#CC3=CC(F)C(C)(OC)C=C3)n2C)n(CC)c1=O. The smallest absolute Gasteiger partial charge is 0.333 e. The first kappa shape index (κ1) is 20.4. The summed E-state index contributed by atoms with van der Waals surface area (Å²) in [6.45, 7) is 3.60. The van der Waals surface area contributed by atoms with Crippen molar-refractivity contribution in [2.45, 2.75) is 38.7 Å². The lowest BCUT2D eigenvalue weighted by Crippen LogP contribution is -2.40. The van der Waals surface area contributed by atoms with Crippen molar-refractivity contribution in [3.05, 3.63) is 50.5 Å². The van der Waals surface area contributed by atoms with Crippen molar-refractivity contribution in [2.75, 3.05) is 7.11 Å². The maximum Gasteiger partial charge on any atom is 0.333 e. The molecule has 2 atom stereocenters. The number of aromatic nitrogens is 4. The van der Waals surface area contributed by atoms with Crippen LogP contribution in [0.1, 0.15) is 19.7 Å². The number of halogens is 1. The molecule has 0 saturated heterocycles. The van der Waals surface area contributed by atoms with E-state index in [0.29, 0.717) is 12.1 Å². The second-order valence-corrected chi connectivity index (χ2v) is 6.78. The number of hydrogen-bond acceptors (Lipinski definition) is 4. The number of alkyl halides is 1. The highest BCUT2D eigenvalue weighted by Gasteiger charge is 2.32. The first-order valence-corrected chi connectivity index (χ1v) is 9.03. The van der Waals surface area contributed by atoms with Gasteiger partial charge in [-0.3, -0.25) is 9.36 Å². The van der Waals surface area contributed by atoms with Gasteiger partial charge >= 0.3 is 5.69 Å². The molecule has 0 saturated carbocycles. The van der Waals surface area contributed by atoms with Crippen molar-refractivity contribution in [3.8, 4) is 24.2 Å². The fourth-order valence-electron chi connectivity index (χ4n) is 3.11. The van der Waals surface area contributed by atoms with Crippen LogP contribution in [0.25, 0.3) is 11.2 Å². The molecule has 1 aliphatic rings. The molecule has 0 aliphatic heterocycles. The van der Waals surface area contributed by atoms with Gasteiger partial charge in [0.15, 0.2) is 23.2 Å². The molecule has 2 aromatic rings. The number of ether oxygens (including phenoxy) is 1. The largest absolute Gasteiger partial charge is 0.371 e. The van der Waals surface area contributed by atoms with Gasteiger partial charge in [0.1, 0.15) is 5.60 Å². The fourth-order valence-corrected chi connectivity index (χ4v) is 3.11. The first-order chi connectivity index (χ1) is 13.8. The third-order valence-corrected chi connectivity index (χ3v) is 5.03. The van der Waals surface area contributed by atoms with Crippen molar-refractivity contribution in [1.82, 2.24) is 18.7 Å². The Morgan fingerprint density at radius 1 is 1.34 bits per heavy atom. The molecule has 2 unspecified atom stereocenters. The molecule has 7 nitrogen and oxygen atoms in total. The van der Waals surface area contributed by atoms with Gasteiger partial charge in [-0.2, -0.15) is 0 Å². The molecule has 0 fully saturated rings. The molecule has 2 heterocycles. The van der Waals surface area contributed by atoms with Gasteiger partial charge < -0.3 is 9.30 Å². The van der Waals surface area contributed by atoms with Gasteiger partial charge in [0.2, 0.25) is 0 Å². The van der Waals surface area contributed by atoms with E-state index in [0.717, 1.165) is 4.57 Å². The predicted molar refractivity (Wildman–Crippen MR) is 108 cm³/mol. The molecular weight excluding hydrogens is 375 g/mol. The number of terminal acetylenes is 1. The molecule has 150 valence electrons. The number of allylic oxidation sites excluding steroid dienone is 2. The number of fused-ring (bicyclic) bond motifs is 1. The van der Waals surface area contributed by atoms with Crippen molar-refractivity contribution in [2.24, 2.45) is 7.05 Å². The third kappa shape index (κ3) is 3.32. The standard InChI is InChI=1S/C21H21FN4O3/c1-6-12-26-19(27)17-18(25(7-2)20(26)28)23-16(24(17)4)9-8-14-10-11-21(3,29-5)15(22)13-14/h1,10-11,13,15H,7,12H2,2-5H3. The Hall–Kier alpha value is -3.36. The normalized spacial score (nSPS) is 20.8. The van der Waals surface area contributed by atoms with Crippen LogP contribution in [0.3, 0.4) is 0 Å². The average Bonchev–Trinajstić information content (AvgIpc) is 3.03. The van der Waals surface area contributed by atoms with Gasteiger partial charge in [0.05, 0.1) is 6.54 Å². The summed E-state index contributed by atoms with van der Waals surface area (Å²) < 4.78 is 23.4. The number of nitrogens with zero attached hydrogens (tertiary/aromatic N) is 4. The molecule has 0 bridgehead atoms. The van der Waals surface area contributed by atoms with Crippen LogP contribution in [0, 0.1) is 24.2 Å². The Morgan fingerprint density at radius 3 is 2.66 bits per heavy atom. The van der Waals surface area contributed by atoms with Gasteiger partial charge in [0.25, 0.3) is 5.56 Å². The summed E-state index contributed by atoms with van der Waals surface area (Å²) in [6, 6.07) is 0. The summed E-state index contributed by atoms with van der Waals surface area (Å²) in [5.41, 5.74) is -1.12. The Bertz CT molecular complexity index is 1260. The molecule has 29 heavy (non-hydrogen) atoms. The topological polar surface area (TPSA) is 71.1 Å². The van der Waals surface area contributed by atoms with E-state index < -0.39 is 23.0 Å². The van der Waals surface area contributed by atoms with Gasteiger partial charge in [-0.05, 0) is 38.0 Å². The number of aryl methyl sites for hydroxylation is 2. The van der Waals surface area contributed by atoms with E-state index in [1.54, 1.807) is 33.0 Å². The molecule has 0 aromatic carbocycles. The highest BCUT2D eigenvalue weighted by Crippen LogP contribution is 2.26. The second-order valence-electron chi connectivity index (χ2n) is 6.78. The van der Waals surface area contributed by atoms with Gasteiger partial charge in [0, 0.05) is 26.3 Å². The van der Waals surface area contributed by atoms with E-state index in [1.165, 1.54) is 22.3 Å². The van der Waals surface area contributed by atoms with E-state index in [2.05, 4.69) is 22.7 Å². The summed E-state index contributed by atoms with van der Waals surface area (Å²) in [5.74, 6) is 8.32. The van der Waals surface area contributed by atoms with Crippen molar-refractivity contribution in [1.29, 1.82) is 0 Å². The van der Waals surface area contributed by atoms with E-state index >= 15 is 0 Å². The number of imidazole rings is 1. The van der Waals surface area contributed by atoms with Gasteiger partial charge in [-0.15, -0.1) is 6.42 Å². The number of methoxy groups -OCH3 is 1. The summed E-state index contributed by atoms with van der Waals surface area (Å²) in [6.07, 6.45) is 8.62. The first-order valence-electron chi connectivity index (χ1n) is 9.03. The monoisotopic (exact) mass is 396 g/mol. The van der Waals surface area contributed by atoms with Crippen molar-refractivity contribution in [3.63, 3.8) is 0 Å². The zero-order valence-electron chi connectivity index (χ0n) is 16.7. The van der Waals surface area contributed by atoms with Gasteiger partial charge in [-0.1, -0.05) is 11.8 Å². The summed E-state index contributed by atoms with van der Waals surface area (Å²) in [5, 5.41) is 0. The van der Waals surface area contributed by atoms with E-state index in [-0.39, 0.29) is 23.5 Å². The number of hydrogen-bond donors (Lipinski definition) is 0.